The van der Waals surface area contributed by atoms with E-state index in [0.717, 1.165) is 24.3 Å². The molecule has 33 heavy (non-hydrogen) atoms. The number of hydrogen-bond donors (Lipinski definition) is 4. The topological polar surface area (TPSA) is 108 Å². The number of hydrogen-bond acceptors (Lipinski definition) is 6. The minimum Gasteiger partial charge on any atom is -0.385 e. The highest BCUT2D eigenvalue weighted by atomic mass is 35.5. The number of anilines is 4. The van der Waals surface area contributed by atoms with Gasteiger partial charge in [0.15, 0.2) is 5.65 Å². The van der Waals surface area contributed by atoms with E-state index in [4.69, 9.17) is 28.2 Å². The van der Waals surface area contributed by atoms with Crippen molar-refractivity contribution in [1.29, 1.82) is 0 Å². The molecule has 0 fully saturated rings. The summed E-state index contributed by atoms with van der Waals surface area (Å²) in [6.07, 6.45) is 2.20. The third-order valence-corrected chi connectivity index (χ3v) is 5.35. The number of nitrogens with one attached hydrogen (secondary N) is 4. The summed E-state index contributed by atoms with van der Waals surface area (Å²) in [7, 11) is 0. The average Bonchev–Trinajstić information content (AvgIpc) is 3.19. The van der Waals surface area contributed by atoms with Gasteiger partial charge in [-0.05, 0) is 42.8 Å². The van der Waals surface area contributed by atoms with E-state index >= 15 is 0 Å². The van der Waals surface area contributed by atoms with Gasteiger partial charge in [0.2, 0.25) is 11.9 Å². The van der Waals surface area contributed by atoms with Crippen LogP contribution in [0.4, 0.5) is 23.0 Å². The summed E-state index contributed by atoms with van der Waals surface area (Å²) in [5.41, 5.74) is 3.85. The lowest BCUT2D eigenvalue weighted by Crippen LogP contribution is -2.08. The van der Waals surface area contributed by atoms with Crippen LogP contribution >= 0.6 is 23.2 Å². The Labute approximate surface area is 200 Å². The molecule has 8 nitrogen and oxygen atoms in total. The number of aromatic amines is 1. The Morgan fingerprint density at radius 2 is 1.97 bits per heavy atom. The quantitative estimate of drug-likeness (QED) is 0.229. The molecule has 0 aliphatic rings. The lowest BCUT2D eigenvalue weighted by Gasteiger charge is -2.12. The molecule has 0 saturated heterocycles. The molecule has 0 spiro atoms. The first-order chi connectivity index (χ1) is 16.0. The minimum absolute atomic E-state index is 0.309. The normalized spacial score (nSPS) is 10.8. The van der Waals surface area contributed by atoms with Gasteiger partial charge in [-0.3, -0.25) is 9.89 Å². The first-order valence-electron chi connectivity index (χ1n) is 10.2. The Morgan fingerprint density at radius 1 is 1.15 bits per heavy atom. The number of aromatic nitrogens is 4. The van der Waals surface area contributed by atoms with E-state index in [9.17, 15) is 4.79 Å². The van der Waals surface area contributed by atoms with E-state index in [-0.39, 0.29) is 5.91 Å². The highest BCUT2D eigenvalue weighted by Crippen LogP contribution is 2.35. The third kappa shape index (κ3) is 5.08. The van der Waals surface area contributed by atoms with E-state index in [1.807, 2.05) is 24.3 Å². The van der Waals surface area contributed by atoms with E-state index in [1.54, 1.807) is 18.2 Å². The molecule has 2 heterocycles. The van der Waals surface area contributed by atoms with Gasteiger partial charge in [-0.1, -0.05) is 48.8 Å². The predicted molar refractivity (Wildman–Crippen MR) is 134 cm³/mol. The molecule has 0 aliphatic carbocycles. The van der Waals surface area contributed by atoms with E-state index in [0.29, 0.717) is 44.1 Å². The van der Waals surface area contributed by atoms with Crippen molar-refractivity contribution in [3.8, 4) is 11.3 Å². The third-order valence-electron chi connectivity index (χ3n) is 4.75. The summed E-state index contributed by atoms with van der Waals surface area (Å²) >= 11 is 12.6. The molecule has 1 amide bonds. The number of benzene rings is 2. The molecule has 2 aromatic heterocycles. The van der Waals surface area contributed by atoms with Crippen LogP contribution in [0.15, 0.2) is 55.1 Å². The maximum absolute atomic E-state index is 11.8. The smallest absolute Gasteiger partial charge is 0.247 e. The standard InChI is InChI=1S/C23H21Cl2N7O/c1-3-10-26-14-6-5-7-15(12-14)27-23-29-20(19-21(25)31-32-22(19)30-23)13-8-9-16(24)17(11-13)28-18(33)4-2/h4-9,11-12,26H,2-3,10H2,1H3,(H,28,33)(H2,27,29,30,31,32). The fourth-order valence-corrected chi connectivity index (χ4v) is 3.59. The second-order valence-electron chi connectivity index (χ2n) is 7.15. The van der Waals surface area contributed by atoms with Gasteiger partial charge in [-0.2, -0.15) is 10.1 Å². The maximum Gasteiger partial charge on any atom is 0.247 e. The zero-order valence-electron chi connectivity index (χ0n) is 17.7. The minimum atomic E-state index is -0.373. The van der Waals surface area contributed by atoms with Crippen molar-refractivity contribution in [3.05, 3.63) is 65.3 Å². The van der Waals surface area contributed by atoms with Crippen molar-refractivity contribution in [1.82, 2.24) is 20.2 Å². The average molecular weight is 482 g/mol. The second kappa shape index (κ2) is 9.89. The van der Waals surface area contributed by atoms with E-state index in [1.165, 1.54) is 6.08 Å². The number of amides is 1. The van der Waals surface area contributed by atoms with Gasteiger partial charge in [0.25, 0.3) is 0 Å². The lowest BCUT2D eigenvalue weighted by atomic mass is 10.1. The number of H-pyrrole nitrogens is 1. The summed E-state index contributed by atoms with van der Waals surface area (Å²) in [5, 5.41) is 17.5. The van der Waals surface area contributed by atoms with Crippen molar-refractivity contribution >= 4 is 63.2 Å². The van der Waals surface area contributed by atoms with Crippen molar-refractivity contribution in [2.75, 3.05) is 22.5 Å². The summed E-state index contributed by atoms with van der Waals surface area (Å²) in [6, 6.07) is 13.0. The molecule has 4 rings (SSSR count). The van der Waals surface area contributed by atoms with Crippen LogP contribution in [0.1, 0.15) is 13.3 Å². The fraction of sp³-hybridized carbons (Fsp3) is 0.130. The SMILES string of the molecule is C=CC(=O)Nc1cc(-c2nc(Nc3cccc(NCCC)c3)nc3n[nH]c(Cl)c23)ccc1Cl. The number of carbonyl (C=O) groups excluding carboxylic acids is 1. The van der Waals surface area contributed by atoms with Gasteiger partial charge in [-0.15, -0.1) is 0 Å². The summed E-state index contributed by atoms with van der Waals surface area (Å²) in [6.45, 7) is 6.46. The van der Waals surface area contributed by atoms with Gasteiger partial charge in [0.05, 0.1) is 21.8 Å². The fourth-order valence-electron chi connectivity index (χ4n) is 3.21. The Bertz CT molecular complexity index is 1340. The van der Waals surface area contributed by atoms with Crippen LogP contribution in [0.3, 0.4) is 0 Å². The van der Waals surface area contributed by atoms with Crippen molar-refractivity contribution in [2.45, 2.75) is 13.3 Å². The summed E-state index contributed by atoms with van der Waals surface area (Å²) in [4.78, 5) is 21.0. The van der Waals surface area contributed by atoms with Gasteiger partial charge in [0, 0.05) is 23.5 Å². The molecule has 0 bridgehead atoms. The van der Waals surface area contributed by atoms with E-state index < -0.39 is 0 Å². The molecule has 0 atom stereocenters. The van der Waals surface area contributed by atoms with Gasteiger partial charge in [-0.25, -0.2) is 4.98 Å². The Morgan fingerprint density at radius 3 is 2.76 bits per heavy atom. The van der Waals surface area contributed by atoms with Crippen molar-refractivity contribution < 1.29 is 4.79 Å². The zero-order valence-corrected chi connectivity index (χ0v) is 19.3. The first kappa shape index (κ1) is 22.6. The van der Waals surface area contributed by atoms with Crippen LogP contribution in [0, 0.1) is 0 Å². The molecular weight excluding hydrogens is 461 g/mol. The molecule has 168 valence electrons. The number of fused-ring (bicyclic) bond motifs is 1. The molecule has 2 aromatic carbocycles. The van der Waals surface area contributed by atoms with Crippen LogP contribution in [0.25, 0.3) is 22.3 Å². The molecule has 0 saturated carbocycles. The van der Waals surface area contributed by atoms with Crippen LogP contribution in [0.2, 0.25) is 10.2 Å². The molecule has 4 N–H and O–H groups in total. The van der Waals surface area contributed by atoms with Gasteiger partial charge >= 0.3 is 0 Å². The monoisotopic (exact) mass is 481 g/mol. The van der Waals surface area contributed by atoms with Crippen LogP contribution in [-0.4, -0.2) is 32.6 Å². The molecule has 0 unspecified atom stereocenters. The molecular formula is C23H21Cl2N7O. The van der Waals surface area contributed by atoms with E-state index in [2.05, 4.69) is 44.6 Å². The molecule has 10 heteroatoms. The number of nitrogens with zero attached hydrogens (tertiary/aromatic N) is 3. The second-order valence-corrected chi connectivity index (χ2v) is 7.94. The Balaban J connectivity index is 1.75. The van der Waals surface area contributed by atoms with Crippen LogP contribution in [-0.2, 0) is 4.79 Å². The summed E-state index contributed by atoms with van der Waals surface area (Å²) < 4.78 is 0. The van der Waals surface area contributed by atoms with Crippen LogP contribution < -0.4 is 16.0 Å². The van der Waals surface area contributed by atoms with Crippen LogP contribution in [0.5, 0.6) is 0 Å². The van der Waals surface area contributed by atoms with Gasteiger partial charge < -0.3 is 16.0 Å². The van der Waals surface area contributed by atoms with Crippen molar-refractivity contribution in [2.24, 2.45) is 0 Å². The highest BCUT2D eigenvalue weighted by Gasteiger charge is 2.17. The first-order valence-corrected chi connectivity index (χ1v) is 11.0. The highest BCUT2D eigenvalue weighted by molar-refractivity contribution is 6.35. The number of halogens is 2. The predicted octanol–water partition coefficient (Wildman–Crippen LogP) is 6.02. The van der Waals surface area contributed by atoms with Gasteiger partial charge in [0.1, 0.15) is 5.15 Å². The zero-order chi connectivity index (χ0) is 23.4. The number of carbonyl (C=O) groups is 1. The largest absolute Gasteiger partial charge is 0.385 e. The van der Waals surface area contributed by atoms with Crippen molar-refractivity contribution in [3.63, 3.8) is 0 Å². The summed E-state index contributed by atoms with van der Waals surface area (Å²) in [5.74, 6) is -0.0258. The molecule has 0 radical (unpaired) electrons. The Kier molecular flexibility index (Phi) is 6.76. The maximum atomic E-state index is 11.8. The lowest BCUT2D eigenvalue weighted by molar-refractivity contribution is -0.111. The molecule has 0 aliphatic heterocycles. The molecule has 4 aromatic rings. The number of rotatable bonds is 8. The Hall–Kier alpha value is -3.62.